The molecule has 0 aliphatic heterocycles. The van der Waals surface area contributed by atoms with Gasteiger partial charge >= 0.3 is 0 Å². The summed E-state index contributed by atoms with van der Waals surface area (Å²) in [5.74, 6) is -0.941. The van der Waals surface area contributed by atoms with Gasteiger partial charge in [0.2, 0.25) is 0 Å². The van der Waals surface area contributed by atoms with E-state index in [4.69, 9.17) is 11.6 Å². The lowest BCUT2D eigenvalue weighted by Crippen LogP contribution is -2.17. The molecule has 2 aromatic rings. The maximum Gasteiger partial charge on any atom is 0.271 e. The highest BCUT2D eigenvalue weighted by atomic mass is 35.5. The monoisotopic (exact) mass is 276 g/mol. The maximum atomic E-state index is 12.9. The highest BCUT2D eigenvalue weighted by molar-refractivity contribution is 6.30. The fraction of sp³-hybridized carbons (Fsp3) is 0. The molecule has 1 amide bonds. The first-order chi connectivity index (χ1) is 9.15. The van der Waals surface area contributed by atoms with Crippen molar-refractivity contribution in [3.8, 4) is 0 Å². The van der Waals surface area contributed by atoms with E-state index in [0.29, 0.717) is 5.02 Å². The summed E-state index contributed by atoms with van der Waals surface area (Å²) in [6.07, 6.45) is 1.46. The molecule has 0 aliphatic rings. The Hall–Kier alpha value is -2.20. The van der Waals surface area contributed by atoms with Crippen LogP contribution in [0.2, 0.25) is 5.02 Å². The van der Waals surface area contributed by atoms with E-state index in [0.717, 1.165) is 11.6 Å². The second-order valence-corrected chi connectivity index (χ2v) is 4.20. The molecular weight excluding hydrogens is 267 g/mol. The zero-order valence-electron chi connectivity index (χ0n) is 9.81. The van der Waals surface area contributed by atoms with E-state index in [9.17, 15) is 9.18 Å². The largest absolute Gasteiger partial charge is 0.271 e. The van der Waals surface area contributed by atoms with Crippen molar-refractivity contribution < 1.29 is 9.18 Å². The number of nitrogens with one attached hydrogen (secondary N) is 1. The van der Waals surface area contributed by atoms with Crippen molar-refractivity contribution in [1.82, 2.24) is 5.43 Å². The smallest absolute Gasteiger partial charge is 0.267 e. The van der Waals surface area contributed by atoms with Gasteiger partial charge in [0.15, 0.2) is 0 Å². The summed E-state index contributed by atoms with van der Waals surface area (Å²) < 4.78 is 12.9. The summed E-state index contributed by atoms with van der Waals surface area (Å²) in [5.41, 5.74) is 3.28. The van der Waals surface area contributed by atoms with E-state index in [-0.39, 0.29) is 5.56 Å². The van der Waals surface area contributed by atoms with Gasteiger partial charge < -0.3 is 0 Å². The van der Waals surface area contributed by atoms with Gasteiger partial charge in [-0.15, -0.1) is 0 Å². The van der Waals surface area contributed by atoms with Gasteiger partial charge in [0.05, 0.1) is 6.21 Å². The van der Waals surface area contributed by atoms with E-state index in [2.05, 4.69) is 10.5 Å². The highest BCUT2D eigenvalue weighted by Crippen LogP contribution is 2.08. The van der Waals surface area contributed by atoms with E-state index >= 15 is 0 Å². The van der Waals surface area contributed by atoms with Gasteiger partial charge in [0.25, 0.3) is 5.91 Å². The van der Waals surface area contributed by atoms with Crippen LogP contribution < -0.4 is 5.43 Å². The van der Waals surface area contributed by atoms with Crippen molar-refractivity contribution >= 4 is 23.7 Å². The van der Waals surface area contributed by atoms with Crippen molar-refractivity contribution in [2.75, 3.05) is 0 Å². The summed E-state index contributed by atoms with van der Waals surface area (Å²) in [6, 6.07) is 12.4. The third-order valence-corrected chi connectivity index (χ3v) is 2.55. The highest BCUT2D eigenvalue weighted by Gasteiger charge is 2.04. The second kappa shape index (κ2) is 6.11. The zero-order chi connectivity index (χ0) is 13.7. The molecule has 0 heterocycles. The van der Waals surface area contributed by atoms with Crippen molar-refractivity contribution in [3.63, 3.8) is 0 Å². The Bertz CT molecular complexity index is 628. The second-order valence-electron chi connectivity index (χ2n) is 3.76. The third-order valence-electron chi connectivity index (χ3n) is 2.32. The minimum atomic E-state index is -0.474. The normalized spacial score (nSPS) is 10.6. The molecular formula is C14H10ClFN2O. The molecule has 0 atom stereocenters. The minimum absolute atomic E-state index is 0.211. The summed E-state index contributed by atoms with van der Waals surface area (Å²) in [7, 11) is 0. The molecule has 5 heteroatoms. The lowest BCUT2D eigenvalue weighted by atomic mass is 10.2. The first-order valence-corrected chi connectivity index (χ1v) is 5.87. The number of halogens is 2. The molecule has 0 saturated heterocycles. The predicted molar refractivity (Wildman–Crippen MR) is 72.9 cm³/mol. The average molecular weight is 277 g/mol. The number of hydrazone groups is 1. The quantitative estimate of drug-likeness (QED) is 0.679. The van der Waals surface area contributed by atoms with Crippen LogP contribution in [0.3, 0.4) is 0 Å². The number of benzene rings is 2. The molecule has 0 bridgehead atoms. The van der Waals surface area contributed by atoms with Crippen LogP contribution in [0, 0.1) is 5.82 Å². The molecule has 0 radical (unpaired) electrons. The number of hydrogen-bond donors (Lipinski definition) is 1. The van der Waals surface area contributed by atoms with Crippen LogP contribution >= 0.6 is 11.6 Å². The van der Waals surface area contributed by atoms with Crippen molar-refractivity contribution in [2.45, 2.75) is 0 Å². The minimum Gasteiger partial charge on any atom is -0.267 e. The first-order valence-electron chi connectivity index (χ1n) is 5.50. The third kappa shape index (κ3) is 3.89. The van der Waals surface area contributed by atoms with Crippen LogP contribution in [0.15, 0.2) is 53.6 Å². The van der Waals surface area contributed by atoms with Gasteiger partial charge in [0, 0.05) is 10.6 Å². The predicted octanol–water partition coefficient (Wildman–Crippen LogP) is 3.24. The molecule has 0 fully saturated rings. The fourth-order valence-corrected chi connectivity index (χ4v) is 1.65. The SMILES string of the molecule is O=C(N/N=C/c1cccc(Cl)c1)c1cccc(F)c1. The number of rotatable bonds is 3. The molecule has 0 aromatic heterocycles. The van der Waals surface area contributed by atoms with Crippen molar-refractivity contribution in [2.24, 2.45) is 5.10 Å². The van der Waals surface area contributed by atoms with Crippen molar-refractivity contribution in [3.05, 3.63) is 70.5 Å². The lowest BCUT2D eigenvalue weighted by Gasteiger charge is -1.99. The van der Waals surface area contributed by atoms with E-state index < -0.39 is 11.7 Å². The lowest BCUT2D eigenvalue weighted by molar-refractivity contribution is 0.0954. The van der Waals surface area contributed by atoms with Crippen LogP contribution in [0.1, 0.15) is 15.9 Å². The Labute approximate surface area is 114 Å². The topological polar surface area (TPSA) is 41.5 Å². The van der Waals surface area contributed by atoms with Crippen LogP contribution in [-0.4, -0.2) is 12.1 Å². The molecule has 3 nitrogen and oxygen atoms in total. The van der Waals surface area contributed by atoms with Gasteiger partial charge in [-0.1, -0.05) is 29.8 Å². The van der Waals surface area contributed by atoms with Crippen LogP contribution in [0.4, 0.5) is 4.39 Å². The zero-order valence-corrected chi connectivity index (χ0v) is 10.6. The Morgan fingerprint density at radius 1 is 1.21 bits per heavy atom. The molecule has 0 spiro atoms. The van der Waals surface area contributed by atoms with Gasteiger partial charge in [-0.3, -0.25) is 4.79 Å². The average Bonchev–Trinajstić information content (AvgIpc) is 2.38. The van der Waals surface area contributed by atoms with Crippen LogP contribution in [0.5, 0.6) is 0 Å². The molecule has 2 aromatic carbocycles. The first kappa shape index (κ1) is 13.2. The number of carbonyl (C=O) groups excluding carboxylic acids is 1. The molecule has 0 aliphatic carbocycles. The summed E-state index contributed by atoms with van der Waals surface area (Å²) >= 11 is 5.81. The van der Waals surface area contributed by atoms with Gasteiger partial charge in [0.1, 0.15) is 5.82 Å². The standard InChI is InChI=1S/C14H10ClFN2O/c15-12-5-1-3-10(7-12)9-17-18-14(19)11-4-2-6-13(16)8-11/h1-9H,(H,18,19)/b17-9+. The Kier molecular flexibility index (Phi) is 4.26. The molecule has 2 rings (SSSR count). The van der Waals surface area contributed by atoms with Gasteiger partial charge in [-0.2, -0.15) is 5.10 Å². The number of hydrogen-bond acceptors (Lipinski definition) is 2. The summed E-state index contributed by atoms with van der Waals surface area (Å²) in [4.78, 5) is 11.6. The molecule has 19 heavy (non-hydrogen) atoms. The number of nitrogens with zero attached hydrogens (tertiary/aromatic N) is 1. The Morgan fingerprint density at radius 3 is 2.74 bits per heavy atom. The number of carbonyl (C=O) groups is 1. The molecule has 0 unspecified atom stereocenters. The van der Waals surface area contributed by atoms with Gasteiger partial charge in [-0.05, 0) is 35.9 Å². The molecule has 1 N–H and O–H groups in total. The Morgan fingerprint density at radius 2 is 2.00 bits per heavy atom. The van der Waals surface area contributed by atoms with Crippen molar-refractivity contribution in [1.29, 1.82) is 0 Å². The van der Waals surface area contributed by atoms with E-state index in [1.165, 1.54) is 24.4 Å². The summed E-state index contributed by atoms with van der Waals surface area (Å²) in [6.45, 7) is 0. The number of amides is 1. The maximum absolute atomic E-state index is 12.9. The summed E-state index contributed by atoms with van der Waals surface area (Å²) in [5, 5.41) is 4.37. The van der Waals surface area contributed by atoms with E-state index in [1.807, 2.05) is 0 Å². The molecule has 96 valence electrons. The molecule has 0 saturated carbocycles. The fourth-order valence-electron chi connectivity index (χ4n) is 1.45. The van der Waals surface area contributed by atoms with Crippen LogP contribution in [-0.2, 0) is 0 Å². The van der Waals surface area contributed by atoms with Crippen LogP contribution in [0.25, 0.3) is 0 Å². The Balaban J connectivity index is 2.01. The van der Waals surface area contributed by atoms with Gasteiger partial charge in [-0.25, -0.2) is 9.82 Å². The van der Waals surface area contributed by atoms with E-state index in [1.54, 1.807) is 24.3 Å².